The Bertz CT molecular complexity index is 350. The van der Waals surface area contributed by atoms with Crippen molar-refractivity contribution in [3.05, 3.63) is 35.4 Å². The lowest BCUT2D eigenvalue weighted by molar-refractivity contribution is 0.277. The van der Waals surface area contributed by atoms with E-state index < -0.39 is 0 Å². The van der Waals surface area contributed by atoms with E-state index in [0.29, 0.717) is 5.92 Å². The van der Waals surface area contributed by atoms with Gasteiger partial charge in [-0.15, -0.1) is 0 Å². The van der Waals surface area contributed by atoms with Crippen LogP contribution in [0.1, 0.15) is 49.7 Å². The molecule has 0 radical (unpaired) electrons. The van der Waals surface area contributed by atoms with Crippen molar-refractivity contribution in [1.29, 1.82) is 0 Å². The molecule has 0 spiro atoms. The smallest absolute Gasteiger partial charge is 0.0233 e. The second kappa shape index (κ2) is 7.66. The molecule has 1 unspecified atom stereocenters. The molecule has 1 aliphatic heterocycles. The third kappa shape index (κ3) is 4.63. The van der Waals surface area contributed by atoms with Crippen LogP contribution in [0.2, 0.25) is 0 Å². The summed E-state index contributed by atoms with van der Waals surface area (Å²) in [6.07, 6.45) is 5.57. The van der Waals surface area contributed by atoms with Crippen LogP contribution in [0, 0.1) is 0 Å². The number of hydrogen-bond acceptors (Lipinski definition) is 2. The molecule has 2 nitrogen and oxygen atoms in total. The van der Waals surface area contributed by atoms with Crippen molar-refractivity contribution < 1.29 is 0 Å². The number of rotatable bonds is 5. The summed E-state index contributed by atoms with van der Waals surface area (Å²) in [5, 5.41) is 3.24. The summed E-state index contributed by atoms with van der Waals surface area (Å²) in [6.45, 7) is 7.00. The second-order valence-electron chi connectivity index (χ2n) is 5.89. The number of nitrogens with zero attached hydrogens (tertiary/aromatic N) is 1. The van der Waals surface area contributed by atoms with Gasteiger partial charge in [0.05, 0.1) is 0 Å². The Kier molecular flexibility index (Phi) is 5.87. The van der Waals surface area contributed by atoms with E-state index in [1.807, 2.05) is 7.05 Å². The topological polar surface area (TPSA) is 15.3 Å². The van der Waals surface area contributed by atoms with E-state index in [4.69, 9.17) is 0 Å². The van der Waals surface area contributed by atoms with E-state index in [1.54, 1.807) is 0 Å². The highest BCUT2D eigenvalue weighted by molar-refractivity contribution is 5.25. The zero-order valence-electron chi connectivity index (χ0n) is 12.5. The van der Waals surface area contributed by atoms with E-state index in [0.717, 1.165) is 13.1 Å². The minimum Gasteiger partial charge on any atom is -0.319 e. The molecule has 1 saturated heterocycles. The van der Waals surface area contributed by atoms with Crippen molar-refractivity contribution in [1.82, 2.24) is 10.2 Å². The number of likely N-dealkylation sites (N-methyl/N-ethyl adjacent to an activating group) is 1. The van der Waals surface area contributed by atoms with Crippen LogP contribution < -0.4 is 5.32 Å². The molecule has 1 atom stereocenters. The zero-order valence-corrected chi connectivity index (χ0v) is 12.5. The first-order valence-electron chi connectivity index (χ1n) is 7.75. The van der Waals surface area contributed by atoms with Crippen LogP contribution in [-0.2, 0) is 6.54 Å². The molecular weight excluding hydrogens is 232 g/mol. The Hall–Kier alpha value is -0.860. The quantitative estimate of drug-likeness (QED) is 0.873. The van der Waals surface area contributed by atoms with Crippen LogP contribution in [-0.4, -0.2) is 31.6 Å². The van der Waals surface area contributed by atoms with Crippen LogP contribution in [0.5, 0.6) is 0 Å². The maximum atomic E-state index is 3.24. The minimum atomic E-state index is 0.595. The summed E-state index contributed by atoms with van der Waals surface area (Å²) in [7, 11) is 2.02. The molecule has 0 bridgehead atoms. The molecule has 106 valence electrons. The predicted molar refractivity (Wildman–Crippen MR) is 82.5 cm³/mol. The van der Waals surface area contributed by atoms with E-state index in [2.05, 4.69) is 41.4 Å². The molecule has 1 heterocycles. The summed E-state index contributed by atoms with van der Waals surface area (Å²) in [6, 6.07) is 9.23. The summed E-state index contributed by atoms with van der Waals surface area (Å²) in [5.41, 5.74) is 2.90. The lowest BCUT2D eigenvalue weighted by atomic mass is 10.00. The van der Waals surface area contributed by atoms with E-state index >= 15 is 0 Å². The third-order valence-corrected chi connectivity index (χ3v) is 4.16. The van der Waals surface area contributed by atoms with Crippen molar-refractivity contribution in [2.24, 2.45) is 0 Å². The van der Waals surface area contributed by atoms with Crippen molar-refractivity contribution >= 4 is 0 Å². The van der Waals surface area contributed by atoms with Crippen molar-refractivity contribution in [2.45, 2.75) is 45.1 Å². The van der Waals surface area contributed by atoms with Gasteiger partial charge in [-0.3, -0.25) is 4.90 Å². The highest BCUT2D eigenvalue weighted by Gasteiger charge is 2.10. The Morgan fingerprint density at radius 3 is 2.26 bits per heavy atom. The monoisotopic (exact) mass is 260 g/mol. The maximum Gasteiger partial charge on any atom is 0.0233 e. The maximum absolute atomic E-state index is 3.24. The average molecular weight is 260 g/mol. The van der Waals surface area contributed by atoms with Crippen LogP contribution >= 0.6 is 0 Å². The van der Waals surface area contributed by atoms with E-state index in [9.17, 15) is 0 Å². The molecule has 0 amide bonds. The predicted octanol–water partition coefficient (Wildman–Crippen LogP) is 3.39. The Labute approximate surface area is 118 Å². The highest BCUT2D eigenvalue weighted by Crippen LogP contribution is 2.17. The molecule has 1 aromatic carbocycles. The van der Waals surface area contributed by atoms with Crippen molar-refractivity contribution in [3.8, 4) is 0 Å². The van der Waals surface area contributed by atoms with E-state index in [1.165, 1.54) is 49.9 Å². The SMILES string of the molecule is CNCC(C)c1ccc(CN2CCCCCC2)cc1. The minimum absolute atomic E-state index is 0.595. The summed E-state index contributed by atoms with van der Waals surface area (Å²) >= 11 is 0. The van der Waals surface area contributed by atoms with Crippen LogP contribution in [0.15, 0.2) is 24.3 Å². The van der Waals surface area contributed by atoms with Crippen LogP contribution in [0.4, 0.5) is 0 Å². The van der Waals surface area contributed by atoms with Crippen molar-refractivity contribution in [3.63, 3.8) is 0 Å². The van der Waals surface area contributed by atoms with Gasteiger partial charge in [-0.1, -0.05) is 44.0 Å². The molecule has 0 aromatic heterocycles. The lowest BCUT2D eigenvalue weighted by Gasteiger charge is -2.20. The molecular formula is C17H28N2. The standard InChI is InChI=1S/C17H28N2/c1-15(13-18-2)17-9-7-16(8-10-17)14-19-11-5-3-4-6-12-19/h7-10,15,18H,3-6,11-14H2,1-2H3. The molecule has 1 aromatic rings. The Balaban J connectivity index is 1.90. The fraction of sp³-hybridized carbons (Fsp3) is 0.647. The number of hydrogen-bond donors (Lipinski definition) is 1. The van der Waals surface area contributed by atoms with Gasteiger partial charge in [0.1, 0.15) is 0 Å². The van der Waals surface area contributed by atoms with Crippen molar-refractivity contribution in [2.75, 3.05) is 26.7 Å². The van der Waals surface area contributed by atoms with Gasteiger partial charge >= 0.3 is 0 Å². The summed E-state index contributed by atoms with van der Waals surface area (Å²) in [5.74, 6) is 0.595. The zero-order chi connectivity index (χ0) is 13.5. The molecule has 2 heteroatoms. The molecule has 1 fully saturated rings. The molecule has 19 heavy (non-hydrogen) atoms. The third-order valence-electron chi connectivity index (χ3n) is 4.16. The summed E-state index contributed by atoms with van der Waals surface area (Å²) in [4.78, 5) is 2.61. The van der Waals surface area contributed by atoms with Gasteiger partial charge in [0.25, 0.3) is 0 Å². The van der Waals surface area contributed by atoms with Gasteiger partial charge in [-0.2, -0.15) is 0 Å². The normalized spacial score (nSPS) is 19.1. The first-order valence-corrected chi connectivity index (χ1v) is 7.75. The van der Waals surface area contributed by atoms with E-state index in [-0.39, 0.29) is 0 Å². The molecule has 2 rings (SSSR count). The number of nitrogens with one attached hydrogen (secondary N) is 1. The van der Waals surface area contributed by atoms with Gasteiger partial charge in [-0.25, -0.2) is 0 Å². The van der Waals surface area contributed by atoms with Gasteiger partial charge < -0.3 is 5.32 Å². The van der Waals surface area contributed by atoms with Gasteiger partial charge in [0.2, 0.25) is 0 Å². The average Bonchev–Trinajstić information content (AvgIpc) is 2.68. The fourth-order valence-corrected chi connectivity index (χ4v) is 2.93. The Morgan fingerprint density at radius 1 is 1.05 bits per heavy atom. The van der Waals surface area contributed by atoms with Crippen LogP contribution in [0.3, 0.4) is 0 Å². The van der Waals surface area contributed by atoms with Gasteiger partial charge in [0, 0.05) is 13.1 Å². The molecule has 0 aliphatic carbocycles. The van der Waals surface area contributed by atoms with Gasteiger partial charge in [0.15, 0.2) is 0 Å². The van der Waals surface area contributed by atoms with Gasteiger partial charge in [-0.05, 0) is 50.0 Å². The first-order chi connectivity index (χ1) is 9.29. The fourth-order valence-electron chi connectivity index (χ4n) is 2.93. The Morgan fingerprint density at radius 2 is 1.68 bits per heavy atom. The number of likely N-dealkylation sites (tertiary alicyclic amines) is 1. The highest BCUT2D eigenvalue weighted by atomic mass is 15.1. The molecule has 1 N–H and O–H groups in total. The first kappa shape index (κ1) is 14.5. The lowest BCUT2D eigenvalue weighted by Crippen LogP contribution is -2.23. The number of benzene rings is 1. The van der Waals surface area contributed by atoms with Crippen LogP contribution in [0.25, 0.3) is 0 Å². The molecule has 0 saturated carbocycles. The largest absolute Gasteiger partial charge is 0.319 e. The molecule has 1 aliphatic rings. The second-order valence-corrected chi connectivity index (χ2v) is 5.89. The summed E-state index contributed by atoms with van der Waals surface area (Å²) < 4.78 is 0.